The van der Waals surface area contributed by atoms with Gasteiger partial charge in [0.15, 0.2) is 5.72 Å². The molecule has 1 heterocycles. The van der Waals surface area contributed by atoms with Gasteiger partial charge in [-0.05, 0) is 34.4 Å². The number of carbonyl (C=O) groups excluding carboxylic acids is 1. The molecule has 0 saturated carbocycles. The van der Waals surface area contributed by atoms with E-state index in [4.69, 9.17) is 0 Å². The number of alkyl halides is 3. The number of benzene rings is 4. The second-order valence-corrected chi connectivity index (χ2v) is 8.54. The molecule has 0 fully saturated rings. The SMILES string of the molecule is O=C(c1ccc(-c2ccccc2)cc1)N1N=C(C(F)(F)F)C[C@]1(O)c1ccc(-c2ccccc2)cc1. The zero-order valence-electron chi connectivity index (χ0n) is 19.0. The van der Waals surface area contributed by atoms with Crippen molar-refractivity contribution in [2.75, 3.05) is 0 Å². The summed E-state index contributed by atoms with van der Waals surface area (Å²) in [5, 5.41) is 15.6. The predicted octanol–water partition coefficient (Wildman–Crippen LogP) is 6.63. The van der Waals surface area contributed by atoms with E-state index in [1.54, 1.807) is 24.3 Å². The van der Waals surface area contributed by atoms with E-state index in [1.165, 1.54) is 24.3 Å². The summed E-state index contributed by atoms with van der Waals surface area (Å²) in [5.74, 6) is -0.830. The van der Waals surface area contributed by atoms with Gasteiger partial charge in [-0.15, -0.1) is 0 Å². The van der Waals surface area contributed by atoms with Crippen LogP contribution in [0.1, 0.15) is 22.3 Å². The first kappa shape index (κ1) is 23.5. The van der Waals surface area contributed by atoms with Gasteiger partial charge < -0.3 is 5.11 Å². The highest BCUT2D eigenvalue weighted by atomic mass is 19.4. The molecular weight excluding hydrogens is 465 g/mol. The fourth-order valence-electron chi connectivity index (χ4n) is 4.26. The largest absolute Gasteiger partial charge is 0.431 e. The Kier molecular flexibility index (Phi) is 5.94. The van der Waals surface area contributed by atoms with Gasteiger partial charge in [-0.3, -0.25) is 4.79 Å². The van der Waals surface area contributed by atoms with Gasteiger partial charge in [0, 0.05) is 11.1 Å². The van der Waals surface area contributed by atoms with Gasteiger partial charge in [0.25, 0.3) is 5.91 Å². The molecule has 36 heavy (non-hydrogen) atoms. The number of hydrogen-bond donors (Lipinski definition) is 1. The Morgan fingerprint density at radius 1 is 0.722 bits per heavy atom. The van der Waals surface area contributed by atoms with Gasteiger partial charge >= 0.3 is 6.18 Å². The van der Waals surface area contributed by atoms with Crippen molar-refractivity contribution >= 4 is 11.6 Å². The topological polar surface area (TPSA) is 52.9 Å². The average molecular weight is 486 g/mol. The molecule has 1 atom stereocenters. The summed E-state index contributed by atoms with van der Waals surface area (Å²) in [5.41, 5.74) is 0.278. The van der Waals surface area contributed by atoms with Crippen molar-refractivity contribution in [1.29, 1.82) is 0 Å². The van der Waals surface area contributed by atoms with Gasteiger partial charge in [-0.2, -0.15) is 23.3 Å². The molecule has 180 valence electrons. The normalized spacial score (nSPS) is 17.7. The van der Waals surface area contributed by atoms with Gasteiger partial charge in [-0.25, -0.2) is 0 Å². The highest BCUT2D eigenvalue weighted by Gasteiger charge is 2.53. The van der Waals surface area contributed by atoms with E-state index < -0.39 is 29.9 Å². The smallest absolute Gasteiger partial charge is 0.365 e. The second kappa shape index (κ2) is 9.09. The fraction of sp³-hybridized carbons (Fsp3) is 0.103. The standard InChI is InChI=1S/C29H21F3N2O2/c30-29(31,32)26-19-28(36,25-17-15-23(16-18-25)21-9-5-2-6-10-21)34(33-26)27(35)24-13-11-22(12-14-24)20-7-3-1-4-8-20/h1-18,36H,19H2/t28-/m0/s1. The Bertz CT molecular complexity index is 1400. The Morgan fingerprint density at radius 3 is 1.64 bits per heavy atom. The molecule has 0 unspecified atom stereocenters. The molecule has 1 N–H and O–H groups in total. The molecular formula is C29H21F3N2O2. The van der Waals surface area contributed by atoms with Crippen LogP contribution >= 0.6 is 0 Å². The Balaban J connectivity index is 1.48. The van der Waals surface area contributed by atoms with E-state index in [9.17, 15) is 23.1 Å². The molecule has 4 aromatic carbocycles. The lowest BCUT2D eigenvalue weighted by molar-refractivity contribution is -0.0815. The van der Waals surface area contributed by atoms with E-state index in [0.29, 0.717) is 5.01 Å². The molecule has 0 saturated heterocycles. The number of rotatable bonds is 4. The van der Waals surface area contributed by atoms with Crippen molar-refractivity contribution in [3.8, 4) is 22.3 Å². The highest BCUT2D eigenvalue weighted by Crippen LogP contribution is 2.41. The van der Waals surface area contributed by atoms with Crippen molar-refractivity contribution in [2.24, 2.45) is 5.10 Å². The maximum atomic E-state index is 13.6. The van der Waals surface area contributed by atoms with Crippen LogP contribution in [0.5, 0.6) is 0 Å². The third-order valence-corrected chi connectivity index (χ3v) is 6.20. The monoisotopic (exact) mass is 486 g/mol. The van der Waals surface area contributed by atoms with Gasteiger partial charge in [-0.1, -0.05) is 97.1 Å². The van der Waals surface area contributed by atoms with Crippen LogP contribution in [0.15, 0.2) is 114 Å². The molecule has 1 aliphatic heterocycles. The number of halogens is 3. The van der Waals surface area contributed by atoms with Crippen LogP contribution < -0.4 is 0 Å². The minimum atomic E-state index is -4.79. The van der Waals surface area contributed by atoms with Crippen molar-refractivity contribution in [1.82, 2.24) is 5.01 Å². The zero-order chi connectivity index (χ0) is 25.3. The molecule has 4 aromatic rings. The summed E-state index contributed by atoms with van der Waals surface area (Å²) in [6.45, 7) is 0. The zero-order valence-corrected chi connectivity index (χ0v) is 19.0. The molecule has 1 aliphatic rings. The van der Waals surface area contributed by atoms with Crippen LogP contribution in [0.2, 0.25) is 0 Å². The van der Waals surface area contributed by atoms with E-state index in [2.05, 4.69) is 5.10 Å². The van der Waals surface area contributed by atoms with E-state index >= 15 is 0 Å². The summed E-state index contributed by atoms with van der Waals surface area (Å²) < 4.78 is 40.8. The minimum absolute atomic E-state index is 0.112. The van der Waals surface area contributed by atoms with Crippen LogP contribution in [0.4, 0.5) is 13.2 Å². The van der Waals surface area contributed by atoms with Crippen molar-refractivity contribution in [3.63, 3.8) is 0 Å². The van der Waals surface area contributed by atoms with E-state index in [1.807, 2.05) is 60.7 Å². The maximum absolute atomic E-state index is 13.6. The Hall–Kier alpha value is -4.23. The molecule has 0 spiro atoms. The molecule has 0 aliphatic carbocycles. The van der Waals surface area contributed by atoms with Crippen LogP contribution in [0, 0.1) is 0 Å². The first-order valence-electron chi connectivity index (χ1n) is 11.3. The van der Waals surface area contributed by atoms with Crippen LogP contribution in [-0.4, -0.2) is 27.9 Å². The lowest BCUT2D eigenvalue weighted by atomic mass is 9.94. The van der Waals surface area contributed by atoms with Crippen LogP contribution in [-0.2, 0) is 5.72 Å². The molecule has 7 heteroatoms. The number of hydrazone groups is 1. The third-order valence-electron chi connectivity index (χ3n) is 6.20. The second-order valence-electron chi connectivity index (χ2n) is 8.54. The minimum Gasteiger partial charge on any atom is -0.365 e. The lowest BCUT2D eigenvalue weighted by Crippen LogP contribution is -2.43. The summed E-state index contributed by atoms with van der Waals surface area (Å²) in [7, 11) is 0. The third kappa shape index (κ3) is 4.41. The van der Waals surface area contributed by atoms with Crippen molar-refractivity contribution in [2.45, 2.75) is 18.3 Å². The lowest BCUT2D eigenvalue weighted by Gasteiger charge is -2.31. The molecule has 4 nitrogen and oxygen atoms in total. The summed E-state index contributed by atoms with van der Waals surface area (Å²) in [6.07, 6.45) is -5.65. The van der Waals surface area contributed by atoms with Crippen molar-refractivity contribution < 1.29 is 23.1 Å². The first-order valence-corrected chi connectivity index (χ1v) is 11.3. The quantitative estimate of drug-likeness (QED) is 0.352. The summed E-state index contributed by atoms with van der Waals surface area (Å²) in [4.78, 5) is 13.3. The Morgan fingerprint density at radius 2 is 1.17 bits per heavy atom. The molecule has 0 aromatic heterocycles. The molecule has 5 rings (SSSR count). The van der Waals surface area contributed by atoms with Gasteiger partial charge in [0.1, 0.15) is 5.71 Å². The molecule has 1 amide bonds. The van der Waals surface area contributed by atoms with E-state index in [-0.39, 0.29) is 11.1 Å². The first-order chi connectivity index (χ1) is 17.3. The van der Waals surface area contributed by atoms with Crippen molar-refractivity contribution in [3.05, 3.63) is 120 Å². The maximum Gasteiger partial charge on any atom is 0.431 e. The average Bonchev–Trinajstić information content (AvgIpc) is 3.29. The predicted molar refractivity (Wildman–Crippen MR) is 132 cm³/mol. The Labute approximate surface area is 205 Å². The summed E-state index contributed by atoms with van der Waals surface area (Å²) in [6, 6.07) is 31.8. The number of aliphatic hydroxyl groups is 1. The number of nitrogens with zero attached hydrogens (tertiary/aromatic N) is 2. The van der Waals surface area contributed by atoms with E-state index in [0.717, 1.165) is 22.3 Å². The van der Waals surface area contributed by atoms with Gasteiger partial charge in [0.2, 0.25) is 0 Å². The van der Waals surface area contributed by atoms with Gasteiger partial charge in [0.05, 0.1) is 6.42 Å². The molecule has 0 radical (unpaired) electrons. The number of amides is 1. The number of hydrogen-bond acceptors (Lipinski definition) is 3. The fourth-order valence-corrected chi connectivity index (χ4v) is 4.26. The number of carbonyl (C=O) groups is 1. The highest BCUT2D eigenvalue weighted by molar-refractivity contribution is 6.00. The van der Waals surface area contributed by atoms with Crippen LogP contribution in [0.3, 0.4) is 0 Å². The van der Waals surface area contributed by atoms with Crippen LogP contribution in [0.25, 0.3) is 22.3 Å². The summed E-state index contributed by atoms with van der Waals surface area (Å²) >= 11 is 0. The molecule has 0 bridgehead atoms.